The number of ether oxygens (including phenoxy) is 2. The zero-order chi connectivity index (χ0) is 23.4. The van der Waals surface area contributed by atoms with Crippen LogP contribution in [-0.2, 0) is 11.3 Å². The average Bonchev–Trinajstić information content (AvgIpc) is 3.39. The summed E-state index contributed by atoms with van der Waals surface area (Å²) in [6.45, 7) is 6.59. The maximum absolute atomic E-state index is 11.9. The van der Waals surface area contributed by atoms with Crippen molar-refractivity contribution in [2.24, 2.45) is 0 Å². The fraction of sp³-hybridized carbons (Fsp3) is 0.375. The van der Waals surface area contributed by atoms with Crippen LogP contribution in [0.2, 0.25) is 0 Å². The number of piperazine rings is 1. The molecule has 2 aromatic heterocycles. The Morgan fingerprint density at radius 3 is 2.58 bits per heavy atom. The van der Waals surface area contributed by atoms with E-state index in [0.717, 1.165) is 23.6 Å². The minimum atomic E-state index is 0.237. The Balaban J connectivity index is 1.55. The Labute approximate surface area is 193 Å². The number of nitrogens with zero attached hydrogens (tertiary/aromatic N) is 6. The van der Waals surface area contributed by atoms with Crippen LogP contribution in [0.1, 0.15) is 31.0 Å². The van der Waals surface area contributed by atoms with Gasteiger partial charge >= 0.3 is 0 Å². The van der Waals surface area contributed by atoms with Gasteiger partial charge in [0.1, 0.15) is 23.8 Å². The summed E-state index contributed by atoms with van der Waals surface area (Å²) in [6, 6.07) is 7.79. The van der Waals surface area contributed by atoms with Crippen LogP contribution in [0.25, 0.3) is 5.95 Å². The standard InChI is InChI=1S/C24H28N6O3/c1-17(2)20-12-23(27-24(26-20)30-8-7-25-16-30)29-10-9-28(19(14-29)15-31)13-18-5-6-21(32-3)22(11-18)33-4/h5-8,11-12,16-17H,9-10,13-14H2,1-4H3. The lowest BCUT2D eigenvalue weighted by molar-refractivity contribution is 0.310. The minimum Gasteiger partial charge on any atom is -0.493 e. The molecule has 0 N–H and O–H groups in total. The van der Waals surface area contributed by atoms with Crippen molar-refractivity contribution >= 4 is 11.8 Å². The predicted molar refractivity (Wildman–Crippen MR) is 125 cm³/mol. The molecule has 1 aliphatic rings. The van der Waals surface area contributed by atoms with Gasteiger partial charge in [0, 0.05) is 38.1 Å². The number of carbonyl (C=O) groups excluding carboxylic acids is 1. The SMILES string of the molecule is COc1ccc(CN2CCN(c3cc(C(C)C)nc(-n4ccnc4)n3)CC2=C=O)cc1OC. The molecule has 0 bridgehead atoms. The molecule has 3 aromatic rings. The van der Waals surface area contributed by atoms with E-state index in [9.17, 15) is 4.79 Å². The van der Waals surface area contributed by atoms with Gasteiger partial charge in [-0.15, -0.1) is 0 Å². The lowest BCUT2D eigenvalue weighted by atomic mass is 10.1. The number of benzene rings is 1. The Kier molecular flexibility index (Phi) is 6.60. The van der Waals surface area contributed by atoms with E-state index in [0.29, 0.717) is 42.8 Å². The van der Waals surface area contributed by atoms with Crippen LogP contribution >= 0.6 is 0 Å². The number of hydrogen-bond donors (Lipinski definition) is 0. The molecule has 33 heavy (non-hydrogen) atoms. The normalized spacial score (nSPS) is 13.9. The molecular weight excluding hydrogens is 420 g/mol. The molecule has 0 spiro atoms. The summed E-state index contributed by atoms with van der Waals surface area (Å²) < 4.78 is 12.5. The van der Waals surface area contributed by atoms with Gasteiger partial charge in [0.05, 0.1) is 26.5 Å². The first-order valence-corrected chi connectivity index (χ1v) is 10.8. The highest BCUT2D eigenvalue weighted by Gasteiger charge is 2.25. The average molecular weight is 449 g/mol. The third-order valence-corrected chi connectivity index (χ3v) is 5.67. The molecular formula is C24H28N6O3. The number of methoxy groups -OCH3 is 2. The van der Waals surface area contributed by atoms with E-state index in [2.05, 4.69) is 34.7 Å². The van der Waals surface area contributed by atoms with Crippen molar-refractivity contribution in [1.82, 2.24) is 24.4 Å². The van der Waals surface area contributed by atoms with Gasteiger partial charge in [-0.05, 0) is 23.6 Å². The third-order valence-electron chi connectivity index (χ3n) is 5.67. The second kappa shape index (κ2) is 9.75. The predicted octanol–water partition coefficient (Wildman–Crippen LogP) is 2.84. The molecule has 0 radical (unpaired) electrons. The van der Waals surface area contributed by atoms with E-state index in [4.69, 9.17) is 14.5 Å². The second-order valence-electron chi connectivity index (χ2n) is 8.16. The third kappa shape index (κ3) is 4.83. The van der Waals surface area contributed by atoms with E-state index in [1.807, 2.05) is 35.4 Å². The molecule has 1 aromatic carbocycles. The van der Waals surface area contributed by atoms with Gasteiger partial charge in [-0.25, -0.2) is 14.8 Å². The van der Waals surface area contributed by atoms with E-state index in [1.54, 1.807) is 31.3 Å². The van der Waals surface area contributed by atoms with Crippen LogP contribution in [0.3, 0.4) is 0 Å². The van der Waals surface area contributed by atoms with Gasteiger partial charge < -0.3 is 19.3 Å². The Morgan fingerprint density at radius 1 is 1.09 bits per heavy atom. The van der Waals surface area contributed by atoms with Crippen molar-refractivity contribution in [2.45, 2.75) is 26.3 Å². The summed E-state index contributed by atoms with van der Waals surface area (Å²) >= 11 is 0. The van der Waals surface area contributed by atoms with Crippen molar-refractivity contribution < 1.29 is 14.3 Å². The second-order valence-corrected chi connectivity index (χ2v) is 8.16. The lowest BCUT2D eigenvalue weighted by Crippen LogP contribution is -2.45. The minimum absolute atomic E-state index is 0.237. The summed E-state index contributed by atoms with van der Waals surface area (Å²) in [5, 5.41) is 0. The highest BCUT2D eigenvalue weighted by Crippen LogP contribution is 2.29. The lowest BCUT2D eigenvalue weighted by Gasteiger charge is -2.37. The van der Waals surface area contributed by atoms with Crippen molar-refractivity contribution in [3.05, 3.63) is 59.9 Å². The first-order valence-electron chi connectivity index (χ1n) is 10.8. The zero-order valence-electron chi connectivity index (χ0n) is 19.4. The highest BCUT2D eigenvalue weighted by atomic mass is 16.5. The topological polar surface area (TPSA) is 85.6 Å². The van der Waals surface area contributed by atoms with Crippen LogP contribution in [0.5, 0.6) is 11.5 Å². The molecule has 0 aliphatic carbocycles. The Morgan fingerprint density at radius 2 is 1.91 bits per heavy atom. The van der Waals surface area contributed by atoms with E-state index in [1.165, 1.54) is 0 Å². The molecule has 9 heteroatoms. The number of anilines is 1. The number of imidazole rings is 1. The molecule has 0 atom stereocenters. The number of hydrogen-bond acceptors (Lipinski definition) is 8. The molecule has 9 nitrogen and oxygen atoms in total. The maximum Gasteiger partial charge on any atom is 0.237 e. The molecule has 3 heterocycles. The van der Waals surface area contributed by atoms with Crippen molar-refractivity contribution in [1.29, 1.82) is 0 Å². The fourth-order valence-electron chi connectivity index (χ4n) is 3.79. The Bertz CT molecular complexity index is 1160. The molecule has 0 saturated carbocycles. The van der Waals surface area contributed by atoms with E-state index in [-0.39, 0.29) is 5.92 Å². The summed E-state index contributed by atoms with van der Waals surface area (Å²) in [4.78, 5) is 29.5. The van der Waals surface area contributed by atoms with Gasteiger partial charge in [0.2, 0.25) is 5.95 Å². The first-order chi connectivity index (χ1) is 16.0. The van der Waals surface area contributed by atoms with Gasteiger partial charge in [-0.2, -0.15) is 4.98 Å². The zero-order valence-corrected chi connectivity index (χ0v) is 19.4. The maximum atomic E-state index is 11.9. The van der Waals surface area contributed by atoms with Crippen LogP contribution in [0.15, 0.2) is 48.7 Å². The molecule has 1 saturated heterocycles. The molecule has 4 rings (SSSR count). The molecule has 1 aliphatic heterocycles. The largest absolute Gasteiger partial charge is 0.493 e. The van der Waals surface area contributed by atoms with Gasteiger partial charge in [0.15, 0.2) is 11.5 Å². The summed E-state index contributed by atoms with van der Waals surface area (Å²) in [5.41, 5.74) is 2.55. The number of aromatic nitrogens is 4. The van der Waals surface area contributed by atoms with Gasteiger partial charge in [0.25, 0.3) is 0 Å². The van der Waals surface area contributed by atoms with Crippen LogP contribution in [0.4, 0.5) is 5.82 Å². The van der Waals surface area contributed by atoms with Crippen LogP contribution < -0.4 is 14.4 Å². The fourth-order valence-corrected chi connectivity index (χ4v) is 3.79. The summed E-state index contributed by atoms with van der Waals surface area (Å²) in [5.74, 6) is 5.08. The number of rotatable bonds is 7. The monoisotopic (exact) mass is 448 g/mol. The van der Waals surface area contributed by atoms with Crippen molar-refractivity contribution in [3.8, 4) is 17.4 Å². The summed E-state index contributed by atoms with van der Waals surface area (Å²) in [6.07, 6.45) is 5.20. The van der Waals surface area contributed by atoms with Crippen LogP contribution in [0, 0.1) is 0 Å². The van der Waals surface area contributed by atoms with Gasteiger partial charge in [-0.1, -0.05) is 19.9 Å². The molecule has 0 unspecified atom stereocenters. The van der Waals surface area contributed by atoms with E-state index < -0.39 is 0 Å². The van der Waals surface area contributed by atoms with Gasteiger partial charge in [-0.3, -0.25) is 4.57 Å². The Hall–Kier alpha value is -3.84. The molecule has 0 amide bonds. The first kappa shape index (κ1) is 22.4. The van der Waals surface area contributed by atoms with Crippen molar-refractivity contribution in [3.63, 3.8) is 0 Å². The van der Waals surface area contributed by atoms with Crippen LogP contribution in [-0.4, -0.2) is 64.2 Å². The molecule has 172 valence electrons. The highest BCUT2D eigenvalue weighted by molar-refractivity contribution is 5.57. The molecule has 1 fully saturated rings. The quantitative estimate of drug-likeness (QED) is 0.510. The van der Waals surface area contributed by atoms with E-state index >= 15 is 0 Å². The van der Waals surface area contributed by atoms with Crippen molar-refractivity contribution in [2.75, 3.05) is 38.8 Å². The smallest absolute Gasteiger partial charge is 0.237 e. The summed E-state index contributed by atoms with van der Waals surface area (Å²) in [7, 11) is 3.22.